The standard InChI is InChI=1S/C24H30N2O5/c1-15(2)19-8-5-9-20(16(3)4)23(19)25-21(27)14-31-24(29)17-11-22(28)26(12-17)13-18-7-6-10-30-18/h5-10,15-17H,11-14H2,1-4H3,(H,25,27)/t17-/m0/s1. The molecule has 1 atom stereocenters. The van der Waals surface area contributed by atoms with Gasteiger partial charge in [0.2, 0.25) is 5.91 Å². The van der Waals surface area contributed by atoms with Gasteiger partial charge in [-0.05, 0) is 35.1 Å². The van der Waals surface area contributed by atoms with Crippen LogP contribution in [0.25, 0.3) is 0 Å². The number of carbonyl (C=O) groups is 3. The molecule has 1 fully saturated rings. The Morgan fingerprint density at radius 2 is 1.81 bits per heavy atom. The van der Waals surface area contributed by atoms with Crippen molar-refractivity contribution in [1.29, 1.82) is 0 Å². The van der Waals surface area contributed by atoms with Crippen LogP contribution >= 0.6 is 0 Å². The lowest BCUT2D eigenvalue weighted by Gasteiger charge is -2.20. The molecule has 3 rings (SSSR count). The molecule has 2 heterocycles. The molecule has 0 saturated carbocycles. The molecule has 7 heteroatoms. The fourth-order valence-electron chi connectivity index (χ4n) is 3.80. The molecule has 1 aliphatic heterocycles. The molecule has 1 saturated heterocycles. The third-order valence-corrected chi connectivity index (χ3v) is 5.46. The summed E-state index contributed by atoms with van der Waals surface area (Å²) < 4.78 is 10.5. The number of hydrogen-bond donors (Lipinski definition) is 1. The molecule has 2 aromatic rings. The third kappa shape index (κ3) is 5.54. The second-order valence-electron chi connectivity index (χ2n) is 8.53. The lowest BCUT2D eigenvalue weighted by Crippen LogP contribution is -2.28. The van der Waals surface area contributed by atoms with Crippen molar-refractivity contribution in [3.63, 3.8) is 0 Å². The van der Waals surface area contributed by atoms with E-state index in [1.807, 2.05) is 18.2 Å². The van der Waals surface area contributed by atoms with Crippen LogP contribution in [0.5, 0.6) is 0 Å². The number of para-hydroxylation sites is 1. The molecule has 166 valence electrons. The maximum Gasteiger partial charge on any atom is 0.311 e. The highest BCUT2D eigenvalue weighted by atomic mass is 16.5. The molecule has 1 N–H and O–H groups in total. The number of benzene rings is 1. The first-order valence-electron chi connectivity index (χ1n) is 10.7. The van der Waals surface area contributed by atoms with Crippen molar-refractivity contribution in [3.8, 4) is 0 Å². The number of amides is 2. The van der Waals surface area contributed by atoms with Gasteiger partial charge in [0.25, 0.3) is 5.91 Å². The SMILES string of the molecule is CC(C)c1cccc(C(C)C)c1NC(=O)COC(=O)[C@H]1CC(=O)N(Cc2ccco2)C1. The fourth-order valence-corrected chi connectivity index (χ4v) is 3.80. The van der Waals surface area contributed by atoms with Crippen molar-refractivity contribution in [1.82, 2.24) is 4.90 Å². The van der Waals surface area contributed by atoms with Crippen LogP contribution in [0.15, 0.2) is 41.0 Å². The van der Waals surface area contributed by atoms with Crippen molar-refractivity contribution >= 4 is 23.5 Å². The molecular formula is C24H30N2O5. The average molecular weight is 427 g/mol. The van der Waals surface area contributed by atoms with Crippen molar-refractivity contribution in [2.45, 2.75) is 52.5 Å². The lowest BCUT2D eigenvalue weighted by molar-refractivity contribution is -0.151. The summed E-state index contributed by atoms with van der Waals surface area (Å²) in [5, 5.41) is 2.93. The van der Waals surface area contributed by atoms with Crippen molar-refractivity contribution in [2.24, 2.45) is 5.92 Å². The fraction of sp³-hybridized carbons (Fsp3) is 0.458. The minimum atomic E-state index is -0.579. The van der Waals surface area contributed by atoms with E-state index in [2.05, 4.69) is 33.0 Å². The number of nitrogens with zero attached hydrogens (tertiary/aromatic N) is 1. The van der Waals surface area contributed by atoms with Gasteiger partial charge in [-0.3, -0.25) is 14.4 Å². The van der Waals surface area contributed by atoms with Gasteiger partial charge in [-0.15, -0.1) is 0 Å². The zero-order valence-electron chi connectivity index (χ0n) is 18.5. The number of ether oxygens (including phenoxy) is 1. The molecule has 0 aliphatic carbocycles. The van der Waals surface area contributed by atoms with Crippen LogP contribution in [0.3, 0.4) is 0 Å². The number of anilines is 1. The first-order valence-corrected chi connectivity index (χ1v) is 10.7. The average Bonchev–Trinajstić information content (AvgIpc) is 3.36. The maximum absolute atomic E-state index is 12.5. The van der Waals surface area contributed by atoms with Gasteiger partial charge >= 0.3 is 5.97 Å². The number of hydrogen-bond acceptors (Lipinski definition) is 5. The van der Waals surface area contributed by atoms with Gasteiger partial charge in [-0.1, -0.05) is 45.9 Å². The third-order valence-electron chi connectivity index (χ3n) is 5.46. The predicted octanol–water partition coefficient (Wildman–Crippen LogP) is 4.06. The molecule has 0 spiro atoms. The Balaban J connectivity index is 1.57. The van der Waals surface area contributed by atoms with Gasteiger partial charge in [0.05, 0.1) is 18.7 Å². The molecule has 1 aromatic carbocycles. The van der Waals surface area contributed by atoms with Gasteiger partial charge < -0.3 is 19.4 Å². The van der Waals surface area contributed by atoms with Crippen molar-refractivity contribution in [3.05, 3.63) is 53.5 Å². The van der Waals surface area contributed by atoms with E-state index in [1.54, 1.807) is 23.3 Å². The topological polar surface area (TPSA) is 88.8 Å². The highest BCUT2D eigenvalue weighted by Gasteiger charge is 2.36. The van der Waals surface area contributed by atoms with Crippen LogP contribution in [0.4, 0.5) is 5.69 Å². The zero-order valence-corrected chi connectivity index (χ0v) is 18.5. The first-order chi connectivity index (χ1) is 14.8. The number of nitrogens with one attached hydrogen (secondary N) is 1. The molecule has 0 radical (unpaired) electrons. The molecule has 0 bridgehead atoms. The number of rotatable bonds is 8. The summed E-state index contributed by atoms with van der Waals surface area (Å²) >= 11 is 0. The summed E-state index contributed by atoms with van der Waals surface area (Å²) in [6, 6.07) is 9.52. The van der Waals surface area contributed by atoms with Gasteiger partial charge in [-0.2, -0.15) is 0 Å². The summed E-state index contributed by atoms with van der Waals surface area (Å²) in [5.74, 6) is -0.500. The number of likely N-dealkylation sites (tertiary alicyclic amines) is 1. The van der Waals surface area contributed by atoms with Crippen LogP contribution in [-0.4, -0.2) is 35.8 Å². The Labute approximate surface area is 182 Å². The Morgan fingerprint density at radius 1 is 1.13 bits per heavy atom. The van der Waals surface area contributed by atoms with Crippen LogP contribution in [0.1, 0.15) is 62.8 Å². The van der Waals surface area contributed by atoms with E-state index in [0.717, 1.165) is 16.8 Å². The minimum absolute atomic E-state index is 0.0782. The Kier molecular flexibility index (Phi) is 7.15. The Bertz CT molecular complexity index is 907. The van der Waals surface area contributed by atoms with Crippen LogP contribution in [-0.2, 0) is 25.7 Å². The first kappa shape index (κ1) is 22.6. The quantitative estimate of drug-likeness (QED) is 0.643. The normalized spacial score (nSPS) is 16.3. The van der Waals surface area contributed by atoms with E-state index in [0.29, 0.717) is 12.3 Å². The monoisotopic (exact) mass is 426 g/mol. The van der Waals surface area contributed by atoms with E-state index in [-0.39, 0.29) is 43.2 Å². The molecular weight excluding hydrogens is 396 g/mol. The molecule has 1 aliphatic rings. The lowest BCUT2D eigenvalue weighted by atomic mass is 9.92. The summed E-state index contributed by atoms with van der Waals surface area (Å²) in [6.07, 6.45) is 1.62. The number of esters is 1. The number of carbonyl (C=O) groups excluding carboxylic acids is 3. The summed E-state index contributed by atoms with van der Waals surface area (Å²) in [4.78, 5) is 38.7. The maximum atomic E-state index is 12.5. The predicted molar refractivity (Wildman–Crippen MR) is 116 cm³/mol. The zero-order chi connectivity index (χ0) is 22.5. The van der Waals surface area contributed by atoms with Crippen molar-refractivity contribution in [2.75, 3.05) is 18.5 Å². The minimum Gasteiger partial charge on any atom is -0.467 e. The summed E-state index contributed by atoms with van der Waals surface area (Å²) in [7, 11) is 0. The Hall–Kier alpha value is -3.09. The molecule has 7 nitrogen and oxygen atoms in total. The van der Waals surface area contributed by atoms with Crippen molar-refractivity contribution < 1.29 is 23.5 Å². The van der Waals surface area contributed by atoms with Crippen LogP contribution in [0, 0.1) is 5.92 Å². The van der Waals surface area contributed by atoms with Gasteiger partial charge in [0.1, 0.15) is 5.76 Å². The number of furan rings is 1. The van der Waals surface area contributed by atoms with Crippen LogP contribution in [0.2, 0.25) is 0 Å². The largest absolute Gasteiger partial charge is 0.467 e. The highest BCUT2D eigenvalue weighted by Crippen LogP contribution is 2.32. The second kappa shape index (κ2) is 9.81. The highest BCUT2D eigenvalue weighted by molar-refractivity contribution is 5.95. The van der Waals surface area contributed by atoms with E-state index in [9.17, 15) is 14.4 Å². The summed E-state index contributed by atoms with van der Waals surface area (Å²) in [5.41, 5.74) is 2.87. The van der Waals surface area contributed by atoms with E-state index in [4.69, 9.17) is 9.15 Å². The molecule has 0 unspecified atom stereocenters. The van der Waals surface area contributed by atoms with Crippen LogP contribution < -0.4 is 5.32 Å². The second-order valence-corrected chi connectivity index (χ2v) is 8.53. The van der Waals surface area contributed by atoms with E-state index in [1.165, 1.54) is 0 Å². The van der Waals surface area contributed by atoms with Gasteiger partial charge in [-0.25, -0.2) is 0 Å². The van der Waals surface area contributed by atoms with Gasteiger partial charge in [0, 0.05) is 18.7 Å². The van der Waals surface area contributed by atoms with E-state index < -0.39 is 11.9 Å². The molecule has 31 heavy (non-hydrogen) atoms. The smallest absolute Gasteiger partial charge is 0.311 e. The Morgan fingerprint density at radius 3 is 2.39 bits per heavy atom. The van der Waals surface area contributed by atoms with Gasteiger partial charge in [0.15, 0.2) is 6.61 Å². The molecule has 1 aromatic heterocycles. The van der Waals surface area contributed by atoms with E-state index >= 15 is 0 Å². The summed E-state index contributed by atoms with van der Waals surface area (Å²) in [6.45, 7) is 8.47. The molecule has 2 amide bonds.